The van der Waals surface area contributed by atoms with Crippen molar-refractivity contribution in [3.8, 4) is 0 Å². The van der Waals surface area contributed by atoms with Gasteiger partial charge in [0, 0.05) is 11.8 Å². The van der Waals surface area contributed by atoms with E-state index in [0.29, 0.717) is 0 Å². The van der Waals surface area contributed by atoms with E-state index in [1.54, 1.807) is 0 Å². The lowest BCUT2D eigenvalue weighted by molar-refractivity contribution is 0.707. The summed E-state index contributed by atoms with van der Waals surface area (Å²) in [4.78, 5) is 0. The van der Waals surface area contributed by atoms with Crippen LogP contribution in [0, 0.1) is 0 Å². The molecule has 0 bridgehead atoms. The van der Waals surface area contributed by atoms with E-state index in [1.165, 1.54) is 27.7 Å². The molecule has 1 heterocycles. The Morgan fingerprint density at radius 2 is 2.00 bits per heavy atom. The average Bonchev–Trinajstić information content (AvgIpc) is 2.52. The van der Waals surface area contributed by atoms with Crippen LogP contribution in [0.15, 0.2) is 36.4 Å². The van der Waals surface area contributed by atoms with Gasteiger partial charge in [0.25, 0.3) is 0 Å². The van der Waals surface area contributed by atoms with E-state index < -0.39 is 0 Å². The summed E-state index contributed by atoms with van der Waals surface area (Å²) in [7, 11) is 0. The molecule has 16 heavy (non-hydrogen) atoms. The Bertz CT molecular complexity index is 521. The number of benzene rings is 2. The Morgan fingerprint density at radius 1 is 1.12 bits per heavy atom. The second-order valence-electron chi connectivity index (χ2n) is 4.30. The molecule has 0 aliphatic carbocycles. The first-order valence-electron chi connectivity index (χ1n) is 5.70. The third kappa shape index (κ3) is 1.62. The van der Waals surface area contributed by atoms with Crippen LogP contribution >= 0.6 is 11.8 Å². The van der Waals surface area contributed by atoms with Crippen molar-refractivity contribution in [3.63, 3.8) is 0 Å². The smallest absolute Gasteiger partial charge is 0.0306 e. The lowest BCUT2D eigenvalue weighted by Crippen LogP contribution is -2.11. The van der Waals surface area contributed by atoms with Gasteiger partial charge < -0.3 is 5.73 Å². The first-order valence-corrected chi connectivity index (χ1v) is 6.85. The molecule has 82 valence electrons. The number of rotatable bonds is 0. The summed E-state index contributed by atoms with van der Waals surface area (Å²) < 4.78 is 0. The number of hydrogen-bond acceptors (Lipinski definition) is 2. The lowest BCUT2D eigenvalue weighted by atomic mass is 9.95. The molecule has 2 heteroatoms. The van der Waals surface area contributed by atoms with Crippen molar-refractivity contribution in [1.82, 2.24) is 0 Å². The van der Waals surface area contributed by atoms with Crippen LogP contribution < -0.4 is 5.73 Å². The summed E-state index contributed by atoms with van der Waals surface area (Å²) in [5.41, 5.74) is 9.03. The summed E-state index contributed by atoms with van der Waals surface area (Å²) in [5, 5.41) is 2.71. The SMILES string of the molecule is N[C@@H]1CCSCc2c1ccc1ccccc21. The molecule has 0 fully saturated rings. The zero-order valence-electron chi connectivity index (χ0n) is 9.15. The van der Waals surface area contributed by atoms with E-state index >= 15 is 0 Å². The van der Waals surface area contributed by atoms with Gasteiger partial charge in [-0.15, -0.1) is 0 Å². The third-order valence-corrected chi connectivity index (χ3v) is 4.31. The van der Waals surface area contributed by atoms with Crippen LogP contribution in [0.25, 0.3) is 10.8 Å². The minimum atomic E-state index is 0.217. The molecule has 1 aliphatic heterocycles. The van der Waals surface area contributed by atoms with Crippen LogP contribution in [0.1, 0.15) is 23.6 Å². The third-order valence-electron chi connectivity index (χ3n) is 3.30. The van der Waals surface area contributed by atoms with E-state index in [4.69, 9.17) is 5.73 Å². The first kappa shape index (κ1) is 10.2. The van der Waals surface area contributed by atoms with E-state index in [1.807, 2.05) is 11.8 Å². The lowest BCUT2D eigenvalue weighted by Gasteiger charge is -2.14. The van der Waals surface area contributed by atoms with E-state index in [2.05, 4.69) is 36.4 Å². The number of fused-ring (bicyclic) bond motifs is 3. The fourth-order valence-corrected chi connectivity index (χ4v) is 3.49. The van der Waals surface area contributed by atoms with Gasteiger partial charge in [-0.1, -0.05) is 36.4 Å². The van der Waals surface area contributed by atoms with Gasteiger partial charge in [0.1, 0.15) is 0 Å². The fourth-order valence-electron chi connectivity index (χ4n) is 2.40. The minimum Gasteiger partial charge on any atom is -0.324 e. The zero-order valence-corrected chi connectivity index (χ0v) is 9.96. The maximum atomic E-state index is 6.22. The zero-order chi connectivity index (χ0) is 11.0. The summed E-state index contributed by atoms with van der Waals surface area (Å²) in [5.74, 6) is 2.27. The van der Waals surface area contributed by atoms with Crippen LogP contribution in [0.3, 0.4) is 0 Å². The molecular weight excluding hydrogens is 214 g/mol. The average molecular weight is 229 g/mol. The number of nitrogens with two attached hydrogens (primary N) is 1. The van der Waals surface area contributed by atoms with Crippen LogP contribution in [-0.4, -0.2) is 5.75 Å². The monoisotopic (exact) mass is 229 g/mol. The van der Waals surface area contributed by atoms with Gasteiger partial charge in [0.05, 0.1) is 0 Å². The fraction of sp³-hybridized carbons (Fsp3) is 0.286. The second kappa shape index (κ2) is 4.11. The summed E-state index contributed by atoms with van der Waals surface area (Å²) >= 11 is 2.00. The molecule has 0 radical (unpaired) electrons. The summed E-state index contributed by atoms with van der Waals surface area (Å²) in [6.07, 6.45) is 1.09. The highest BCUT2D eigenvalue weighted by molar-refractivity contribution is 7.98. The molecule has 2 aromatic rings. The van der Waals surface area contributed by atoms with Crippen molar-refractivity contribution in [2.45, 2.75) is 18.2 Å². The van der Waals surface area contributed by atoms with Crippen LogP contribution in [0.4, 0.5) is 0 Å². The Labute approximate surface area is 100 Å². The molecule has 0 unspecified atom stereocenters. The molecular formula is C14H15NS. The van der Waals surface area contributed by atoms with E-state index in [0.717, 1.165) is 12.2 Å². The molecule has 1 aliphatic rings. The molecule has 2 N–H and O–H groups in total. The predicted octanol–water partition coefficient (Wildman–Crippen LogP) is 3.48. The highest BCUT2D eigenvalue weighted by Crippen LogP contribution is 2.33. The standard InChI is InChI=1S/C14H15NS/c15-14-7-8-16-9-13-11-4-2-1-3-10(11)5-6-12(13)14/h1-6,14H,7-9,15H2/t14-/m1/s1. The largest absolute Gasteiger partial charge is 0.324 e. The molecule has 1 atom stereocenters. The minimum absolute atomic E-state index is 0.217. The van der Waals surface area contributed by atoms with Gasteiger partial charge in [-0.3, -0.25) is 0 Å². The number of thioether (sulfide) groups is 1. The maximum Gasteiger partial charge on any atom is 0.0306 e. The normalized spacial score (nSPS) is 20.4. The van der Waals surface area contributed by atoms with Crippen molar-refractivity contribution < 1.29 is 0 Å². The maximum absolute atomic E-state index is 6.22. The highest BCUT2D eigenvalue weighted by Gasteiger charge is 2.16. The molecule has 0 spiro atoms. The van der Waals surface area contributed by atoms with Crippen molar-refractivity contribution in [2.24, 2.45) is 5.73 Å². The van der Waals surface area contributed by atoms with Gasteiger partial charge in [0.2, 0.25) is 0 Å². The van der Waals surface area contributed by atoms with Crippen LogP contribution in [-0.2, 0) is 5.75 Å². The van der Waals surface area contributed by atoms with Gasteiger partial charge >= 0.3 is 0 Å². The summed E-state index contributed by atoms with van der Waals surface area (Å²) in [6.45, 7) is 0. The highest BCUT2D eigenvalue weighted by atomic mass is 32.2. The molecule has 0 saturated carbocycles. The van der Waals surface area contributed by atoms with Crippen molar-refractivity contribution >= 4 is 22.5 Å². The Morgan fingerprint density at radius 3 is 2.94 bits per heavy atom. The van der Waals surface area contributed by atoms with Gasteiger partial charge in [0.15, 0.2) is 0 Å². The number of hydrogen-bond donors (Lipinski definition) is 1. The summed E-state index contributed by atoms with van der Waals surface area (Å²) in [6, 6.07) is 13.2. The predicted molar refractivity (Wildman–Crippen MR) is 71.7 cm³/mol. The second-order valence-corrected chi connectivity index (χ2v) is 5.41. The molecule has 2 aromatic carbocycles. The van der Waals surface area contributed by atoms with Gasteiger partial charge in [-0.2, -0.15) is 11.8 Å². The first-order chi connectivity index (χ1) is 7.86. The molecule has 1 nitrogen and oxygen atoms in total. The molecule has 0 saturated heterocycles. The van der Waals surface area contributed by atoms with Crippen LogP contribution in [0.5, 0.6) is 0 Å². The van der Waals surface area contributed by atoms with Crippen molar-refractivity contribution in [3.05, 3.63) is 47.5 Å². The molecule has 0 aromatic heterocycles. The topological polar surface area (TPSA) is 26.0 Å². The Kier molecular flexibility index (Phi) is 2.62. The van der Waals surface area contributed by atoms with Crippen molar-refractivity contribution in [2.75, 3.05) is 5.75 Å². The Hall–Kier alpha value is -0.990. The van der Waals surface area contributed by atoms with E-state index in [9.17, 15) is 0 Å². The molecule has 0 amide bonds. The quantitative estimate of drug-likeness (QED) is 0.748. The van der Waals surface area contributed by atoms with E-state index in [-0.39, 0.29) is 6.04 Å². The van der Waals surface area contributed by atoms with Crippen molar-refractivity contribution in [1.29, 1.82) is 0 Å². The Balaban J connectivity index is 2.28. The van der Waals surface area contributed by atoms with Gasteiger partial charge in [-0.25, -0.2) is 0 Å². The van der Waals surface area contributed by atoms with Crippen LogP contribution in [0.2, 0.25) is 0 Å². The molecule has 3 rings (SSSR count). The van der Waals surface area contributed by atoms with Gasteiger partial charge in [-0.05, 0) is 34.1 Å².